The molecule has 0 radical (unpaired) electrons. The second-order valence-electron chi connectivity index (χ2n) is 6.32. The molecule has 1 aromatic carbocycles. The minimum atomic E-state index is -0.191. The van der Waals surface area contributed by atoms with E-state index in [4.69, 9.17) is 11.6 Å². The molecule has 1 aromatic heterocycles. The lowest BCUT2D eigenvalue weighted by atomic mass is 9.97. The van der Waals surface area contributed by atoms with Crippen molar-refractivity contribution >= 4 is 22.6 Å². The first-order valence-electron chi connectivity index (χ1n) is 7.19. The number of aryl methyl sites for hydroxylation is 2. The van der Waals surface area contributed by atoms with Gasteiger partial charge in [-0.25, -0.2) is 9.37 Å². The van der Waals surface area contributed by atoms with Gasteiger partial charge in [-0.2, -0.15) is 0 Å². The molecule has 1 fully saturated rings. The molecule has 4 heteroatoms. The van der Waals surface area contributed by atoms with Crippen LogP contribution in [-0.2, 0) is 12.0 Å². The molecule has 20 heavy (non-hydrogen) atoms. The van der Waals surface area contributed by atoms with Gasteiger partial charge in [0.15, 0.2) is 0 Å². The molecule has 0 saturated heterocycles. The summed E-state index contributed by atoms with van der Waals surface area (Å²) in [5.41, 5.74) is 2.45. The summed E-state index contributed by atoms with van der Waals surface area (Å²) in [7, 11) is 0. The Bertz CT molecular complexity index is 656. The SMILES string of the molecule is Cc1cc2c(cc1F)nc(CCCl)n2C(C)(C)C1CC1. The van der Waals surface area contributed by atoms with Crippen molar-refractivity contribution in [2.75, 3.05) is 5.88 Å². The third-order valence-electron chi connectivity index (χ3n) is 4.48. The zero-order valence-corrected chi connectivity index (χ0v) is 13.0. The van der Waals surface area contributed by atoms with Gasteiger partial charge in [-0.3, -0.25) is 0 Å². The summed E-state index contributed by atoms with van der Waals surface area (Å²) in [5.74, 6) is 1.99. The molecule has 0 atom stereocenters. The molecule has 0 spiro atoms. The summed E-state index contributed by atoms with van der Waals surface area (Å²) < 4.78 is 16.1. The average molecular weight is 295 g/mol. The van der Waals surface area contributed by atoms with Crippen LogP contribution in [0.2, 0.25) is 0 Å². The Morgan fingerprint density at radius 3 is 2.70 bits per heavy atom. The minimum absolute atomic E-state index is 0.0143. The van der Waals surface area contributed by atoms with E-state index in [1.165, 1.54) is 12.8 Å². The van der Waals surface area contributed by atoms with Crippen LogP contribution in [0.15, 0.2) is 12.1 Å². The van der Waals surface area contributed by atoms with E-state index in [0.717, 1.165) is 16.9 Å². The maximum atomic E-state index is 13.8. The van der Waals surface area contributed by atoms with Crippen molar-refractivity contribution < 1.29 is 4.39 Å². The number of hydrogen-bond donors (Lipinski definition) is 0. The van der Waals surface area contributed by atoms with Crippen LogP contribution in [0.1, 0.15) is 38.1 Å². The Kier molecular flexibility index (Phi) is 3.28. The lowest BCUT2D eigenvalue weighted by molar-refractivity contribution is 0.305. The van der Waals surface area contributed by atoms with Crippen molar-refractivity contribution in [1.82, 2.24) is 9.55 Å². The molecular formula is C16H20ClFN2. The summed E-state index contributed by atoms with van der Waals surface area (Å²) in [6.45, 7) is 6.31. The van der Waals surface area contributed by atoms with E-state index in [2.05, 4.69) is 23.4 Å². The van der Waals surface area contributed by atoms with Gasteiger partial charge in [0.05, 0.1) is 11.0 Å². The van der Waals surface area contributed by atoms with Crippen molar-refractivity contribution in [2.45, 2.75) is 45.6 Å². The molecule has 1 saturated carbocycles. The van der Waals surface area contributed by atoms with E-state index >= 15 is 0 Å². The molecule has 0 aliphatic heterocycles. The number of aromatic nitrogens is 2. The summed E-state index contributed by atoms with van der Waals surface area (Å²) in [6.07, 6.45) is 3.23. The van der Waals surface area contributed by atoms with Gasteiger partial charge in [0.2, 0.25) is 0 Å². The molecule has 1 aliphatic rings. The predicted molar refractivity (Wildman–Crippen MR) is 80.9 cm³/mol. The number of rotatable bonds is 4. The summed E-state index contributed by atoms with van der Waals surface area (Å²) in [5, 5.41) is 0. The Morgan fingerprint density at radius 1 is 1.40 bits per heavy atom. The van der Waals surface area contributed by atoms with Crippen LogP contribution in [0.5, 0.6) is 0 Å². The van der Waals surface area contributed by atoms with Gasteiger partial charge in [-0.05, 0) is 51.2 Å². The third-order valence-corrected chi connectivity index (χ3v) is 4.66. The van der Waals surface area contributed by atoms with Crippen LogP contribution in [0.4, 0.5) is 4.39 Å². The second-order valence-corrected chi connectivity index (χ2v) is 6.70. The fraction of sp³-hybridized carbons (Fsp3) is 0.562. The molecule has 3 rings (SSSR count). The van der Waals surface area contributed by atoms with E-state index in [9.17, 15) is 4.39 Å². The molecular weight excluding hydrogens is 275 g/mol. The van der Waals surface area contributed by atoms with Gasteiger partial charge in [0.1, 0.15) is 11.6 Å². The van der Waals surface area contributed by atoms with E-state index in [1.54, 1.807) is 13.0 Å². The third kappa shape index (κ3) is 2.12. The quantitative estimate of drug-likeness (QED) is 0.764. The van der Waals surface area contributed by atoms with Crippen molar-refractivity contribution in [1.29, 1.82) is 0 Å². The normalized spacial score (nSPS) is 16.1. The highest BCUT2D eigenvalue weighted by Gasteiger charge is 2.41. The van der Waals surface area contributed by atoms with Crippen LogP contribution in [0.25, 0.3) is 11.0 Å². The van der Waals surface area contributed by atoms with Crippen molar-refractivity contribution in [3.05, 3.63) is 29.3 Å². The van der Waals surface area contributed by atoms with Gasteiger partial charge < -0.3 is 4.57 Å². The monoisotopic (exact) mass is 294 g/mol. The summed E-state index contributed by atoms with van der Waals surface area (Å²) in [4.78, 5) is 4.62. The molecule has 0 bridgehead atoms. The fourth-order valence-corrected chi connectivity index (χ4v) is 3.29. The fourth-order valence-electron chi connectivity index (χ4n) is 3.12. The number of nitrogens with zero attached hydrogens (tertiary/aromatic N) is 2. The highest BCUT2D eigenvalue weighted by molar-refractivity contribution is 6.17. The lowest BCUT2D eigenvalue weighted by Gasteiger charge is -2.29. The molecule has 1 heterocycles. The molecule has 1 aliphatic carbocycles. The van der Waals surface area contributed by atoms with Crippen LogP contribution in [0, 0.1) is 18.7 Å². The minimum Gasteiger partial charge on any atom is -0.322 e. The van der Waals surface area contributed by atoms with Crippen LogP contribution in [-0.4, -0.2) is 15.4 Å². The Balaban J connectivity index is 2.25. The number of hydrogen-bond acceptors (Lipinski definition) is 1. The van der Waals surface area contributed by atoms with Gasteiger partial charge in [-0.1, -0.05) is 0 Å². The largest absolute Gasteiger partial charge is 0.322 e. The van der Waals surface area contributed by atoms with Gasteiger partial charge >= 0.3 is 0 Å². The van der Waals surface area contributed by atoms with E-state index in [-0.39, 0.29) is 11.4 Å². The maximum Gasteiger partial charge on any atom is 0.128 e. The van der Waals surface area contributed by atoms with Crippen molar-refractivity contribution in [3.8, 4) is 0 Å². The van der Waals surface area contributed by atoms with Crippen LogP contribution < -0.4 is 0 Å². The van der Waals surface area contributed by atoms with Crippen LogP contribution >= 0.6 is 11.6 Å². The van der Waals surface area contributed by atoms with Gasteiger partial charge in [-0.15, -0.1) is 11.6 Å². The first-order valence-corrected chi connectivity index (χ1v) is 7.72. The molecule has 0 N–H and O–H groups in total. The number of halogens is 2. The molecule has 0 amide bonds. The first kappa shape index (κ1) is 13.9. The molecule has 2 aromatic rings. The van der Waals surface area contributed by atoms with Crippen molar-refractivity contribution in [2.24, 2.45) is 5.92 Å². The summed E-state index contributed by atoms with van der Waals surface area (Å²) in [6, 6.07) is 3.46. The first-order chi connectivity index (χ1) is 9.45. The Morgan fingerprint density at radius 2 is 2.10 bits per heavy atom. The summed E-state index contributed by atoms with van der Waals surface area (Å²) >= 11 is 5.92. The van der Waals surface area contributed by atoms with E-state index < -0.39 is 0 Å². The highest BCUT2D eigenvalue weighted by Crippen LogP contribution is 2.45. The predicted octanol–water partition coefficient (Wildman–Crippen LogP) is 4.41. The smallest absolute Gasteiger partial charge is 0.128 e. The van der Waals surface area contributed by atoms with Gasteiger partial charge in [0.25, 0.3) is 0 Å². The number of benzene rings is 1. The Hall–Kier alpha value is -1.09. The highest BCUT2D eigenvalue weighted by atomic mass is 35.5. The van der Waals surface area contributed by atoms with Crippen molar-refractivity contribution in [3.63, 3.8) is 0 Å². The molecule has 2 nitrogen and oxygen atoms in total. The number of imidazole rings is 1. The average Bonchev–Trinajstić information content (AvgIpc) is 3.15. The van der Waals surface area contributed by atoms with Gasteiger partial charge in [0, 0.05) is 23.9 Å². The molecule has 0 unspecified atom stereocenters. The number of alkyl halides is 1. The topological polar surface area (TPSA) is 17.8 Å². The van der Waals surface area contributed by atoms with E-state index in [0.29, 0.717) is 23.8 Å². The molecule has 108 valence electrons. The zero-order valence-electron chi connectivity index (χ0n) is 12.2. The Labute approximate surface area is 123 Å². The maximum absolute atomic E-state index is 13.8. The zero-order chi connectivity index (χ0) is 14.5. The number of fused-ring (bicyclic) bond motifs is 1. The standard InChI is InChI=1S/C16H20ClFN2/c1-10-8-14-13(9-12(10)18)19-15(6-7-17)20(14)16(2,3)11-4-5-11/h8-9,11H,4-7H2,1-3H3. The lowest BCUT2D eigenvalue weighted by Crippen LogP contribution is -2.30. The van der Waals surface area contributed by atoms with E-state index in [1.807, 2.05) is 6.07 Å². The van der Waals surface area contributed by atoms with Crippen LogP contribution in [0.3, 0.4) is 0 Å². The second kappa shape index (κ2) is 4.73.